The van der Waals surface area contributed by atoms with Gasteiger partial charge in [-0.25, -0.2) is 9.97 Å². The van der Waals surface area contributed by atoms with Crippen molar-refractivity contribution in [2.45, 2.75) is 0 Å². The normalized spacial score (nSPS) is 9.46. The zero-order valence-electron chi connectivity index (χ0n) is 6.51. The molecule has 0 unspecified atom stereocenters. The van der Waals surface area contributed by atoms with Crippen LogP contribution in [-0.2, 0) is 0 Å². The molecular weight excluding hydrogens is 168 g/mol. The molecule has 0 radical (unpaired) electrons. The number of hydrogen-bond acceptors (Lipinski definition) is 5. The van der Waals surface area contributed by atoms with Crippen LogP contribution in [0, 0.1) is 11.3 Å². The highest BCUT2D eigenvalue weighted by Gasteiger charge is 2.03. The van der Waals surface area contributed by atoms with Gasteiger partial charge in [0.05, 0.1) is 5.56 Å². The lowest BCUT2D eigenvalue weighted by Crippen LogP contribution is -1.89. The number of hydrogen-bond donors (Lipinski definition) is 0. The Bertz CT molecular complexity index is 426. The van der Waals surface area contributed by atoms with Crippen molar-refractivity contribution in [3.63, 3.8) is 0 Å². The first-order valence-electron chi connectivity index (χ1n) is 3.53. The number of rotatable bonds is 1. The number of nitriles is 1. The second-order valence-electron chi connectivity index (χ2n) is 2.29. The highest BCUT2D eigenvalue weighted by Crippen LogP contribution is 2.09. The van der Waals surface area contributed by atoms with Gasteiger partial charge in [0.25, 0.3) is 0 Å². The molecular formula is C8H4N4O. The fourth-order valence-electron chi connectivity index (χ4n) is 0.846. The summed E-state index contributed by atoms with van der Waals surface area (Å²) in [5.41, 5.74) is 0.983. The Kier molecular flexibility index (Phi) is 1.73. The van der Waals surface area contributed by atoms with Crippen LogP contribution in [0.15, 0.2) is 29.2 Å². The lowest BCUT2D eigenvalue weighted by Gasteiger charge is -1.91. The summed E-state index contributed by atoms with van der Waals surface area (Å²) in [5, 5.41) is 12.2. The minimum atomic E-state index is 0.423. The van der Waals surface area contributed by atoms with Gasteiger partial charge in [0.15, 0.2) is 11.5 Å². The minimum Gasteiger partial charge on any atom is -0.364 e. The molecule has 0 spiro atoms. The first-order valence-corrected chi connectivity index (χ1v) is 3.53. The van der Waals surface area contributed by atoms with E-state index >= 15 is 0 Å². The predicted molar refractivity (Wildman–Crippen MR) is 42.2 cm³/mol. The molecule has 13 heavy (non-hydrogen) atoms. The third kappa shape index (κ3) is 1.37. The Morgan fingerprint density at radius 2 is 2.08 bits per heavy atom. The van der Waals surface area contributed by atoms with E-state index in [1.165, 1.54) is 18.7 Å². The summed E-state index contributed by atoms with van der Waals surface area (Å²) in [6.45, 7) is 0. The van der Waals surface area contributed by atoms with Gasteiger partial charge in [-0.15, -0.1) is 0 Å². The van der Waals surface area contributed by atoms with Crippen LogP contribution in [0.25, 0.3) is 11.5 Å². The maximum atomic E-state index is 8.49. The van der Waals surface area contributed by atoms with Gasteiger partial charge in [-0.05, 0) is 0 Å². The summed E-state index contributed by atoms with van der Waals surface area (Å²) in [7, 11) is 0. The molecule has 0 fully saturated rings. The topological polar surface area (TPSA) is 75.6 Å². The van der Waals surface area contributed by atoms with Crippen LogP contribution in [0.4, 0.5) is 0 Å². The van der Waals surface area contributed by atoms with Crippen LogP contribution < -0.4 is 0 Å². The summed E-state index contributed by atoms with van der Waals surface area (Å²) in [4.78, 5) is 7.87. The van der Waals surface area contributed by atoms with Crippen LogP contribution in [0.1, 0.15) is 5.56 Å². The van der Waals surface area contributed by atoms with Crippen molar-refractivity contribution in [1.82, 2.24) is 15.1 Å². The average molecular weight is 172 g/mol. The standard InChI is InChI=1S/C8H4N4O/c9-3-6-4-10-8(11-5-6)7-1-2-13-12-7/h1-2,4-5H. The van der Waals surface area contributed by atoms with Crippen molar-refractivity contribution in [3.05, 3.63) is 30.3 Å². The van der Waals surface area contributed by atoms with Crippen LogP contribution in [0.5, 0.6) is 0 Å². The monoisotopic (exact) mass is 172 g/mol. The summed E-state index contributed by atoms with van der Waals surface area (Å²) in [6, 6.07) is 3.58. The van der Waals surface area contributed by atoms with Crippen molar-refractivity contribution >= 4 is 0 Å². The fourth-order valence-corrected chi connectivity index (χ4v) is 0.846. The smallest absolute Gasteiger partial charge is 0.181 e. The van der Waals surface area contributed by atoms with Crippen LogP contribution in [0.3, 0.4) is 0 Å². The predicted octanol–water partition coefficient (Wildman–Crippen LogP) is 1.00. The van der Waals surface area contributed by atoms with Crippen LogP contribution in [-0.4, -0.2) is 15.1 Å². The minimum absolute atomic E-state index is 0.423. The molecule has 0 aliphatic carbocycles. The van der Waals surface area contributed by atoms with Gasteiger partial charge < -0.3 is 4.52 Å². The van der Waals surface area contributed by atoms with Gasteiger partial charge in [-0.1, -0.05) is 5.16 Å². The molecule has 2 rings (SSSR count). The van der Waals surface area contributed by atoms with Gasteiger partial charge in [0, 0.05) is 18.5 Å². The second kappa shape index (κ2) is 3.03. The van der Waals surface area contributed by atoms with Gasteiger partial charge in [0.1, 0.15) is 12.3 Å². The molecule has 0 aliphatic heterocycles. The molecule has 0 N–H and O–H groups in total. The van der Waals surface area contributed by atoms with Crippen molar-refractivity contribution in [3.8, 4) is 17.6 Å². The van der Waals surface area contributed by atoms with Crippen LogP contribution in [0.2, 0.25) is 0 Å². The molecule has 0 atom stereocenters. The summed E-state index contributed by atoms with van der Waals surface area (Å²) in [6.07, 6.45) is 4.32. The van der Waals surface area contributed by atoms with E-state index in [4.69, 9.17) is 5.26 Å². The Balaban J connectivity index is 2.40. The van der Waals surface area contributed by atoms with E-state index in [0.29, 0.717) is 17.1 Å². The average Bonchev–Trinajstić information content (AvgIpc) is 2.71. The van der Waals surface area contributed by atoms with Crippen molar-refractivity contribution < 1.29 is 4.52 Å². The van der Waals surface area contributed by atoms with E-state index in [1.807, 2.05) is 6.07 Å². The summed E-state index contributed by atoms with van der Waals surface area (Å²) in [5.74, 6) is 0.452. The van der Waals surface area contributed by atoms with E-state index in [9.17, 15) is 0 Å². The largest absolute Gasteiger partial charge is 0.364 e. The molecule has 0 saturated carbocycles. The van der Waals surface area contributed by atoms with E-state index in [1.54, 1.807) is 6.07 Å². The van der Waals surface area contributed by atoms with E-state index in [2.05, 4.69) is 19.6 Å². The maximum absolute atomic E-state index is 8.49. The highest BCUT2D eigenvalue weighted by molar-refractivity contribution is 5.47. The lowest BCUT2D eigenvalue weighted by atomic mass is 10.3. The zero-order chi connectivity index (χ0) is 9.10. The van der Waals surface area contributed by atoms with E-state index < -0.39 is 0 Å². The van der Waals surface area contributed by atoms with Crippen molar-refractivity contribution in [2.24, 2.45) is 0 Å². The first kappa shape index (κ1) is 7.43. The van der Waals surface area contributed by atoms with Crippen molar-refractivity contribution in [1.29, 1.82) is 5.26 Å². The molecule has 5 nitrogen and oxygen atoms in total. The lowest BCUT2D eigenvalue weighted by molar-refractivity contribution is 0.422. The molecule has 62 valence electrons. The van der Waals surface area contributed by atoms with Gasteiger partial charge >= 0.3 is 0 Å². The third-order valence-electron chi connectivity index (χ3n) is 1.45. The Morgan fingerprint density at radius 1 is 1.31 bits per heavy atom. The molecule has 0 aliphatic rings. The summed E-state index contributed by atoms with van der Waals surface area (Å²) < 4.78 is 4.63. The molecule has 2 heterocycles. The van der Waals surface area contributed by atoms with Crippen LogP contribution >= 0.6 is 0 Å². The summed E-state index contributed by atoms with van der Waals surface area (Å²) >= 11 is 0. The number of aromatic nitrogens is 3. The van der Waals surface area contributed by atoms with E-state index in [0.717, 1.165) is 0 Å². The first-order chi connectivity index (χ1) is 6.40. The van der Waals surface area contributed by atoms with E-state index in [-0.39, 0.29) is 0 Å². The molecule has 5 heteroatoms. The fraction of sp³-hybridized carbons (Fsp3) is 0. The third-order valence-corrected chi connectivity index (χ3v) is 1.45. The molecule has 2 aromatic heterocycles. The molecule has 0 amide bonds. The Hall–Kier alpha value is -2.22. The molecule has 0 saturated heterocycles. The Labute approximate surface area is 73.7 Å². The Morgan fingerprint density at radius 3 is 2.62 bits per heavy atom. The van der Waals surface area contributed by atoms with Gasteiger partial charge in [-0.3, -0.25) is 0 Å². The van der Waals surface area contributed by atoms with Gasteiger partial charge in [-0.2, -0.15) is 5.26 Å². The zero-order valence-corrected chi connectivity index (χ0v) is 6.51. The maximum Gasteiger partial charge on any atom is 0.181 e. The molecule has 0 aromatic carbocycles. The molecule has 2 aromatic rings. The van der Waals surface area contributed by atoms with Crippen molar-refractivity contribution in [2.75, 3.05) is 0 Å². The quantitative estimate of drug-likeness (QED) is 0.641. The highest BCUT2D eigenvalue weighted by atomic mass is 16.5. The number of nitrogens with zero attached hydrogens (tertiary/aromatic N) is 4. The van der Waals surface area contributed by atoms with Gasteiger partial charge in [0.2, 0.25) is 0 Å². The molecule has 0 bridgehead atoms. The SMILES string of the molecule is N#Cc1cnc(-c2ccon2)nc1. The second-order valence-corrected chi connectivity index (χ2v) is 2.29.